The second-order valence-electron chi connectivity index (χ2n) is 31.2. The second-order valence-corrected chi connectivity index (χ2v) is 31.2. The van der Waals surface area contributed by atoms with Gasteiger partial charge >= 0.3 is 0 Å². The van der Waals surface area contributed by atoms with Crippen molar-refractivity contribution in [2.45, 2.75) is 151 Å². The van der Waals surface area contributed by atoms with E-state index in [1.807, 2.05) is 146 Å². The highest BCUT2D eigenvalue weighted by Crippen LogP contribution is 2.31. The molecule has 4 aliphatic rings. The van der Waals surface area contributed by atoms with E-state index in [1.54, 1.807) is 32.9 Å². The standard InChI is InChI=1S/C25H30N4O2.2C24H28N4O3.C24H28N4O2/c1-2-19-8-10-21(11-9-19)17-28-13-12-23-22(18-28)24(27-29(23)14-15-30)25(31)26-16-20-6-4-3-5-7-20;2*1-31-20-9-7-19(8-10-20)16-27-12-11-22-21(17-27)23(26-28(22)13-14-29)24(30)25-15-18-5-3-2-4-6-18;1-18-7-9-20(10-8-18)16-27-12-11-22-21(17-27)23(26-28(22)13-14-29)24(30)25-15-19-5-3-2-4-6-19/h3-11,30H,2,12-18H2,1H3,(H,26,31);2*2-10,29H,11-17H2,1H3,(H,25,30);2-10,29H,11-17H2,1H3,(H,25,30). The van der Waals surface area contributed by atoms with Crippen molar-refractivity contribution in [1.29, 1.82) is 0 Å². The number of benzene rings is 8. The van der Waals surface area contributed by atoms with E-state index < -0.39 is 0 Å². The van der Waals surface area contributed by atoms with Gasteiger partial charge in [-0.2, -0.15) is 20.4 Å². The molecular weight excluding hydrogens is 1550 g/mol. The van der Waals surface area contributed by atoms with E-state index in [9.17, 15) is 39.6 Å². The lowest BCUT2D eigenvalue weighted by molar-refractivity contribution is 0.0934. The molecule has 8 heterocycles. The van der Waals surface area contributed by atoms with Crippen LogP contribution in [-0.4, -0.2) is 170 Å². The quantitative estimate of drug-likeness (QED) is 0.0200. The fraction of sp³-hybridized carbons (Fsp3) is 0.340. The molecule has 123 heavy (non-hydrogen) atoms. The lowest BCUT2D eigenvalue weighted by atomic mass is 10.0. The minimum absolute atomic E-state index is 0.00520. The number of rotatable bonds is 31. The van der Waals surface area contributed by atoms with E-state index in [4.69, 9.17) is 9.47 Å². The molecule has 4 aromatic heterocycles. The molecule has 0 spiro atoms. The van der Waals surface area contributed by atoms with Crippen molar-refractivity contribution in [3.8, 4) is 11.5 Å². The maximum Gasteiger partial charge on any atom is 0.272 e. The number of carbonyl (C=O) groups excluding carboxylic acids is 4. The zero-order chi connectivity index (χ0) is 85.8. The van der Waals surface area contributed by atoms with Gasteiger partial charge in [0.05, 0.1) is 66.8 Å². The van der Waals surface area contributed by atoms with Crippen molar-refractivity contribution in [3.05, 3.63) is 342 Å². The minimum atomic E-state index is -0.178. The summed E-state index contributed by atoms with van der Waals surface area (Å²) in [5.41, 5.74) is 21.7. The number of carbonyl (C=O) groups is 4. The summed E-state index contributed by atoms with van der Waals surface area (Å²) in [6.07, 6.45) is 4.27. The molecule has 26 heteroatoms. The number of nitrogens with one attached hydrogen (secondary N) is 4. The first kappa shape index (κ1) is 88.5. The number of hydrogen-bond acceptors (Lipinski definition) is 18. The van der Waals surface area contributed by atoms with Gasteiger partial charge < -0.3 is 51.2 Å². The highest BCUT2D eigenvalue weighted by molar-refractivity contribution is 5.96. The van der Waals surface area contributed by atoms with Gasteiger partial charge in [0.25, 0.3) is 23.6 Å². The Hall–Kier alpha value is -12.2. The first-order chi connectivity index (χ1) is 60.2. The van der Waals surface area contributed by atoms with E-state index >= 15 is 0 Å². The van der Waals surface area contributed by atoms with Crippen molar-refractivity contribution >= 4 is 23.6 Å². The first-order valence-electron chi connectivity index (χ1n) is 42.5. The number of hydrogen-bond donors (Lipinski definition) is 8. The summed E-state index contributed by atoms with van der Waals surface area (Å²) in [6, 6.07) is 72.9. The number of nitrogens with zero attached hydrogens (tertiary/aromatic N) is 12. The Bertz CT molecular complexity index is 4980. The average Bonchev–Trinajstić information content (AvgIpc) is 1.65. The summed E-state index contributed by atoms with van der Waals surface area (Å²) >= 11 is 0. The topological polar surface area (TPSA) is 300 Å². The third-order valence-corrected chi connectivity index (χ3v) is 22.6. The molecule has 0 atom stereocenters. The van der Waals surface area contributed by atoms with Crippen molar-refractivity contribution in [2.75, 3.05) is 66.8 Å². The predicted molar refractivity (Wildman–Crippen MR) is 472 cm³/mol. The highest BCUT2D eigenvalue weighted by atomic mass is 16.5. The van der Waals surface area contributed by atoms with Crippen LogP contribution < -0.4 is 30.7 Å². The first-order valence-corrected chi connectivity index (χ1v) is 42.5. The largest absolute Gasteiger partial charge is 0.497 e. The van der Waals surface area contributed by atoms with Crippen LogP contribution in [0.3, 0.4) is 0 Å². The Morgan fingerprint density at radius 2 is 0.545 bits per heavy atom. The molecule has 0 radical (unpaired) electrons. The number of aliphatic hydroxyl groups excluding tert-OH is 4. The molecule has 8 N–H and O–H groups in total. The normalized spacial score (nSPS) is 13.7. The third-order valence-electron chi connectivity index (χ3n) is 22.6. The summed E-state index contributed by atoms with van der Waals surface area (Å²) in [4.78, 5) is 61.2. The molecule has 642 valence electrons. The zero-order valence-corrected chi connectivity index (χ0v) is 70.9. The Kier molecular flexibility index (Phi) is 32.1. The maximum atomic E-state index is 13.0. The fourth-order valence-electron chi connectivity index (χ4n) is 16.1. The van der Waals surface area contributed by atoms with Gasteiger partial charge in [-0.1, -0.05) is 207 Å². The van der Waals surface area contributed by atoms with Gasteiger partial charge in [-0.25, -0.2) is 0 Å². The number of fused-ring (bicyclic) bond motifs is 4. The van der Waals surface area contributed by atoms with Crippen LogP contribution in [0.2, 0.25) is 0 Å². The highest BCUT2D eigenvalue weighted by Gasteiger charge is 2.33. The van der Waals surface area contributed by atoms with E-state index in [2.05, 4.69) is 148 Å². The smallest absolute Gasteiger partial charge is 0.272 e. The molecule has 0 unspecified atom stereocenters. The van der Waals surface area contributed by atoms with Crippen molar-refractivity contribution in [3.63, 3.8) is 0 Å². The van der Waals surface area contributed by atoms with Crippen LogP contribution in [0.1, 0.15) is 150 Å². The number of aliphatic hydroxyl groups is 4. The lowest BCUT2D eigenvalue weighted by Crippen LogP contribution is -2.32. The molecule has 4 aliphatic heterocycles. The van der Waals surface area contributed by atoms with Crippen molar-refractivity contribution in [2.24, 2.45) is 0 Å². The van der Waals surface area contributed by atoms with Crippen LogP contribution in [0.15, 0.2) is 218 Å². The lowest BCUT2D eigenvalue weighted by Gasteiger charge is -2.27. The van der Waals surface area contributed by atoms with Gasteiger partial charge in [-0.05, 0) is 87.7 Å². The SMILES string of the molecule is CCc1ccc(CN2CCc3c(c(C(=O)NCc4ccccc4)nn3CCO)C2)cc1.COc1ccc(CN2CCc3c(c(C(=O)NCc4ccccc4)nn3CCO)C2)cc1.COc1ccc(CN2CCc3c(c(C(=O)NCc4ccccc4)nn3CCO)C2)cc1.Cc1ccc(CN2CCc3c(c(C(=O)NCc4ccccc4)nn3CCO)C2)cc1. The molecule has 8 aromatic carbocycles. The Balaban J connectivity index is 0.000000141. The van der Waals surface area contributed by atoms with Crippen LogP contribution in [0, 0.1) is 6.92 Å². The number of aromatic nitrogens is 8. The van der Waals surface area contributed by atoms with Gasteiger partial charge in [-0.3, -0.25) is 57.5 Å². The molecule has 0 aliphatic carbocycles. The summed E-state index contributed by atoms with van der Waals surface area (Å²) in [5.74, 6) is 1.00. The Morgan fingerprint density at radius 1 is 0.317 bits per heavy atom. The van der Waals surface area contributed by atoms with Gasteiger partial charge in [0.15, 0.2) is 22.8 Å². The van der Waals surface area contributed by atoms with Crippen LogP contribution in [0.25, 0.3) is 0 Å². The summed E-state index contributed by atoms with van der Waals surface area (Å²) in [7, 11) is 3.32. The van der Waals surface area contributed by atoms with Gasteiger partial charge in [0, 0.05) is 175 Å². The minimum Gasteiger partial charge on any atom is -0.497 e. The van der Waals surface area contributed by atoms with E-state index in [0.717, 1.165) is 163 Å². The molecule has 12 aromatic rings. The van der Waals surface area contributed by atoms with E-state index in [1.165, 1.54) is 33.4 Å². The molecule has 16 rings (SSSR count). The molecule has 0 fully saturated rings. The van der Waals surface area contributed by atoms with Crippen molar-refractivity contribution < 1.29 is 49.1 Å². The second kappa shape index (κ2) is 44.5. The van der Waals surface area contributed by atoms with Crippen LogP contribution in [0.5, 0.6) is 11.5 Å². The Morgan fingerprint density at radius 3 is 0.772 bits per heavy atom. The third kappa shape index (κ3) is 24.1. The van der Waals surface area contributed by atoms with Crippen LogP contribution in [0.4, 0.5) is 0 Å². The van der Waals surface area contributed by atoms with Crippen LogP contribution >= 0.6 is 0 Å². The molecular formula is C97H114N16O10. The average molecular weight is 1660 g/mol. The summed E-state index contributed by atoms with van der Waals surface area (Å²) in [6.45, 7) is 17.2. The molecule has 4 amide bonds. The van der Waals surface area contributed by atoms with Crippen molar-refractivity contribution in [1.82, 2.24) is 80.0 Å². The predicted octanol–water partition coefficient (Wildman–Crippen LogP) is 10.3. The van der Waals surface area contributed by atoms with E-state index in [0.29, 0.717) is 101 Å². The molecule has 0 saturated carbocycles. The fourth-order valence-corrected chi connectivity index (χ4v) is 16.1. The van der Waals surface area contributed by atoms with E-state index in [-0.39, 0.29) is 50.1 Å². The van der Waals surface area contributed by atoms with Gasteiger partial charge in [0.1, 0.15) is 11.5 Å². The molecule has 0 bridgehead atoms. The maximum absolute atomic E-state index is 13.0. The number of ether oxygens (including phenoxy) is 2. The van der Waals surface area contributed by atoms with Gasteiger partial charge in [-0.15, -0.1) is 0 Å². The van der Waals surface area contributed by atoms with Gasteiger partial charge in [0.2, 0.25) is 0 Å². The number of methoxy groups -OCH3 is 2. The Labute approximate surface area is 719 Å². The number of aryl methyl sites for hydroxylation is 2. The summed E-state index contributed by atoms with van der Waals surface area (Å²) < 4.78 is 17.7. The number of amides is 4. The summed E-state index contributed by atoms with van der Waals surface area (Å²) in [5, 5.41) is 67.9. The molecule has 26 nitrogen and oxygen atoms in total. The zero-order valence-electron chi connectivity index (χ0n) is 70.9. The molecule has 0 saturated heterocycles. The van der Waals surface area contributed by atoms with Crippen LogP contribution in [-0.2, 0) is 137 Å². The monoisotopic (exact) mass is 1660 g/mol.